The van der Waals surface area contributed by atoms with Crippen LogP contribution in [-0.4, -0.2) is 20.9 Å². The molecule has 0 aliphatic heterocycles. The maximum absolute atomic E-state index is 11.4. The number of hydrogen-bond donors (Lipinski definition) is 1. The lowest BCUT2D eigenvalue weighted by molar-refractivity contribution is 0.0695. The van der Waals surface area contributed by atoms with Crippen LogP contribution in [0.3, 0.4) is 0 Å². The topological polar surface area (TPSA) is 55.1 Å². The van der Waals surface area contributed by atoms with Crippen LogP contribution in [0, 0.1) is 0 Å². The first kappa shape index (κ1) is 16.3. The minimum Gasteiger partial charge on any atom is -0.478 e. The lowest BCUT2D eigenvalue weighted by atomic mass is 9.98. The summed E-state index contributed by atoms with van der Waals surface area (Å²) in [4.78, 5) is 11.4. The van der Waals surface area contributed by atoms with E-state index in [1.807, 2.05) is 49.5 Å². The SMILES string of the molecule is Cn1nc(-c2ccccc2)c(CCc2ccccc2C(=O)O)c1Cl. The van der Waals surface area contributed by atoms with Crippen LogP contribution in [-0.2, 0) is 19.9 Å². The molecule has 24 heavy (non-hydrogen) atoms. The highest BCUT2D eigenvalue weighted by atomic mass is 35.5. The summed E-state index contributed by atoms with van der Waals surface area (Å²) in [5.74, 6) is -0.911. The van der Waals surface area contributed by atoms with Gasteiger partial charge in [-0.1, -0.05) is 60.1 Å². The van der Waals surface area contributed by atoms with E-state index in [1.165, 1.54) is 0 Å². The molecule has 0 fully saturated rings. The summed E-state index contributed by atoms with van der Waals surface area (Å²) in [6, 6.07) is 16.9. The summed E-state index contributed by atoms with van der Waals surface area (Å²) < 4.78 is 1.66. The van der Waals surface area contributed by atoms with Crippen LogP contribution in [0.2, 0.25) is 5.15 Å². The highest BCUT2D eigenvalue weighted by Crippen LogP contribution is 2.29. The van der Waals surface area contributed by atoms with E-state index in [2.05, 4.69) is 5.10 Å². The van der Waals surface area contributed by atoms with Gasteiger partial charge in [0.2, 0.25) is 0 Å². The molecule has 1 N–H and O–H groups in total. The highest BCUT2D eigenvalue weighted by Gasteiger charge is 2.17. The number of aryl methyl sites for hydroxylation is 2. The number of carbonyl (C=O) groups is 1. The second-order valence-electron chi connectivity index (χ2n) is 5.57. The van der Waals surface area contributed by atoms with Gasteiger partial charge < -0.3 is 5.11 Å². The van der Waals surface area contributed by atoms with E-state index >= 15 is 0 Å². The molecule has 4 nitrogen and oxygen atoms in total. The summed E-state index contributed by atoms with van der Waals surface area (Å²) >= 11 is 6.42. The molecule has 0 atom stereocenters. The molecule has 0 unspecified atom stereocenters. The van der Waals surface area contributed by atoms with Gasteiger partial charge in [-0.25, -0.2) is 4.79 Å². The molecule has 0 aliphatic rings. The number of carboxylic acid groups (broad SMARTS) is 1. The molecule has 0 spiro atoms. The molecule has 0 saturated carbocycles. The standard InChI is InChI=1S/C19H17ClN2O2/c1-22-18(20)16(17(21-22)14-8-3-2-4-9-14)12-11-13-7-5-6-10-15(13)19(23)24/h2-10H,11-12H2,1H3,(H,23,24). The van der Waals surface area contributed by atoms with E-state index in [0.29, 0.717) is 23.6 Å². The maximum atomic E-state index is 11.4. The van der Waals surface area contributed by atoms with E-state index in [1.54, 1.807) is 16.8 Å². The Morgan fingerprint density at radius 3 is 2.46 bits per heavy atom. The normalized spacial score (nSPS) is 10.8. The summed E-state index contributed by atoms with van der Waals surface area (Å²) in [6.07, 6.45) is 1.22. The number of hydrogen-bond acceptors (Lipinski definition) is 2. The van der Waals surface area contributed by atoms with Gasteiger partial charge in [0.1, 0.15) is 5.15 Å². The van der Waals surface area contributed by atoms with Gasteiger partial charge in [0, 0.05) is 18.2 Å². The second-order valence-corrected chi connectivity index (χ2v) is 5.93. The molecule has 1 aromatic heterocycles. The summed E-state index contributed by atoms with van der Waals surface area (Å²) in [6.45, 7) is 0. The van der Waals surface area contributed by atoms with Crippen molar-refractivity contribution in [2.45, 2.75) is 12.8 Å². The van der Waals surface area contributed by atoms with Gasteiger partial charge >= 0.3 is 5.97 Å². The van der Waals surface area contributed by atoms with Crippen LogP contribution in [0.25, 0.3) is 11.3 Å². The zero-order valence-electron chi connectivity index (χ0n) is 13.2. The smallest absolute Gasteiger partial charge is 0.335 e. The molecule has 0 amide bonds. The van der Waals surface area contributed by atoms with Gasteiger partial charge in [-0.05, 0) is 24.5 Å². The van der Waals surface area contributed by atoms with Crippen LogP contribution in [0.5, 0.6) is 0 Å². The van der Waals surface area contributed by atoms with E-state index in [-0.39, 0.29) is 0 Å². The van der Waals surface area contributed by atoms with E-state index in [4.69, 9.17) is 11.6 Å². The lowest BCUT2D eigenvalue weighted by Crippen LogP contribution is -2.03. The fourth-order valence-electron chi connectivity index (χ4n) is 2.80. The van der Waals surface area contributed by atoms with Crippen molar-refractivity contribution < 1.29 is 9.90 Å². The first-order valence-electron chi connectivity index (χ1n) is 7.66. The number of benzene rings is 2. The molecule has 5 heteroatoms. The van der Waals surface area contributed by atoms with Gasteiger partial charge in [0.15, 0.2) is 0 Å². The number of nitrogens with zero attached hydrogens (tertiary/aromatic N) is 2. The Morgan fingerprint density at radius 1 is 1.08 bits per heavy atom. The molecule has 0 bridgehead atoms. The van der Waals surface area contributed by atoms with Crippen molar-refractivity contribution in [3.8, 4) is 11.3 Å². The minimum absolute atomic E-state index is 0.332. The van der Waals surface area contributed by atoms with Crippen molar-refractivity contribution >= 4 is 17.6 Å². The van der Waals surface area contributed by atoms with E-state index in [0.717, 1.165) is 22.4 Å². The molecule has 0 saturated heterocycles. The fourth-order valence-corrected chi connectivity index (χ4v) is 3.03. The number of aromatic carboxylic acids is 1. The quantitative estimate of drug-likeness (QED) is 0.756. The predicted molar refractivity (Wildman–Crippen MR) is 94.5 cm³/mol. The average Bonchev–Trinajstić information content (AvgIpc) is 2.89. The molecular weight excluding hydrogens is 324 g/mol. The molecular formula is C19H17ClN2O2. The lowest BCUT2D eigenvalue weighted by Gasteiger charge is -2.07. The van der Waals surface area contributed by atoms with Gasteiger partial charge in [-0.15, -0.1) is 0 Å². The highest BCUT2D eigenvalue weighted by molar-refractivity contribution is 6.30. The molecule has 0 aliphatic carbocycles. The third-order valence-corrected chi connectivity index (χ3v) is 4.48. The summed E-state index contributed by atoms with van der Waals surface area (Å²) in [5.41, 5.74) is 3.91. The van der Waals surface area contributed by atoms with Crippen LogP contribution in [0.15, 0.2) is 54.6 Å². The van der Waals surface area contributed by atoms with Crippen molar-refractivity contribution in [1.82, 2.24) is 9.78 Å². The number of carboxylic acids is 1. The largest absolute Gasteiger partial charge is 0.478 e. The van der Waals surface area contributed by atoms with Crippen LogP contribution < -0.4 is 0 Å². The van der Waals surface area contributed by atoms with Gasteiger partial charge in [0.25, 0.3) is 0 Å². The average molecular weight is 341 g/mol. The Balaban J connectivity index is 1.93. The van der Waals surface area contributed by atoms with E-state index < -0.39 is 5.97 Å². The molecule has 3 aromatic rings. The summed E-state index contributed by atoms with van der Waals surface area (Å²) in [7, 11) is 1.81. The Morgan fingerprint density at radius 2 is 1.75 bits per heavy atom. The van der Waals surface area contributed by atoms with Gasteiger partial charge in [-0.3, -0.25) is 4.68 Å². The zero-order chi connectivity index (χ0) is 17.1. The summed E-state index contributed by atoms with van der Waals surface area (Å²) in [5, 5.41) is 14.4. The number of halogens is 1. The Hall–Kier alpha value is -2.59. The first-order chi connectivity index (χ1) is 11.6. The Bertz CT molecular complexity index is 872. The van der Waals surface area contributed by atoms with Crippen molar-refractivity contribution in [2.75, 3.05) is 0 Å². The third kappa shape index (κ3) is 3.19. The third-order valence-electron chi connectivity index (χ3n) is 4.01. The van der Waals surface area contributed by atoms with Crippen LogP contribution in [0.1, 0.15) is 21.5 Å². The molecule has 1 heterocycles. The molecule has 2 aromatic carbocycles. The minimum atomic E-state index is -0.911. The fraction of sp³-hybridized carbons (Fsp3) is 0.158. The van der Waals surface area contributed by atoms with Crippen molar-refractivity contribution in [3.05, 3.63) is 76.4 Å². The second kappa shape index (κ2) is 6.89. The van der Waals surface area contributed by atoms with Gasteiger partial charge in [-0.2, -0.15) is 5.10 Å². The molecule has 3 rings (SSSR count). The predicted octanol–water partition coefficient (Wildman–Crippen LogP) is 4.22. The Labute approximate surface area is 145 Å². The van der Waals surface area contributed by atoms with Gasteiger partial charge in [0.05, 0.1) is 11.3 Å². The first-order valence-corrected chi connectivity index (χ1v) is 8.03. The molecule has 122 valence electrons. The molecule has 0 radical (unpaired) electrons. The van der Waals surface area contributed by atoms with Crippen molar-refractivity contribution in [1.29, 1.82) is 0 Å². The van der Waals surface area contributed by atoms with Crippen LogP contribution >= 0.6 is 11.6 Å². The van der Waals surface area contributed by atoms with E-state index in [9.17, 15) is 9.90 Å². The Kier molecular flexibility index (Phi) is 4.67. The van der Waals surface area contributed by atoms with Crippen molar-refractivity contribution in [2.24, 2.45) is 7.05 Å². The number of rotatable bonds is 5. The van der Waals surface area contributed by atoms with Crippen LogP contribution in [0.4, 0.5) is 0 Å². The van der Waals surface area contributed by atoms with Crippen molar-refractivity contribution in [3.63, 3.8) is 0 Å². The monoisotopic (exact) mass is 340 g/mol. The zero-order valence-corrected chi connectivity index (χ0v) is 14.0. The maximum Gasteiger partial charge on any atom is 0.335 e. The number of aromatic nitrogens is 2.